The minimum atomic E-state index is -0.463. The smallest absolute Gasteiger partial charge is 0.219 e. The average Bonchev–Trinajstić information content (AvgIpc) is 2.16. The predicted octanol–water partition coefficient (Wildman–Crippen LogP) is 1.99. The van der Waals surface area contributed by atoms with E-state index in [4.69, 9.17) is 5.11 Å². The summed E-state index contributed by atoms with van der Waals surface area (Å²) in [6.45, 7) is 2.39. The molecule has 2 N–H and O–H groups in total. The van der Waals surface area contributed by atoms with Crippen molar-refractivity contribution in [3.63, 3.8) is 0 Å². The zero-order chi connectivity index (χ0) is 12.0. The topological polar surface area (TPSA) is 49.3 Å². The molecule has 0 saturated heterocycles. The van der Waals surface area contributed by atoms with Crippen molar-refractivity contribution >= 4 is 5.91 Å². The second-order valence-electron chi connectivity index (χ2n) is 3.67. The molecule has 1 aromatic carbocycles. The first-order valence-corrected chi connectivity index (χ1v) is 5.37. The van der Waals surface area contributed by atoms with Crippen molar-refractivity contribution in [2.75, 3.05) is 6.54 Å². The van der Waals surface area contributed by atoms with Crippen LogP contribution in [0.2, 0.25) is 0 Å². The Bertz CT molecular complexity index is 346. The third-order valence-electron chi connectivity index (χ3n) is 2.16. The van der Waals surface area contributed by atoms with E-state index < -0.39 is 5.82 Å². The normalized spacial score (nSPS) is 10.1. The van der Waals surface area contributed by atoms with Gasteiger partial charge in [0.15, 0.2) is 0 Å². The number of hydrogen-bond acceptors (Lipinski definition) is 2. The maximum atomic E-state index is 12.9. The number of benzene rings is 1. The van der Waals surface area contributed by atoms with E-state index in [9.17, 15) is 9.18 Å². The van der Waals surface area contributed by atoms with Gasteiger partial charge in [-0.25, -0.2) is 4.39 Å². The number of carbonyl (C=O) groups excluding carboxylic acids is 1. The number of nitrogens with one attached hydrogen (secondary N) is 1. The number of amides is 1. The molecular formula is C12H16FNO2. The van der Waals surface area contributed by atoms with Gasteiger partial charge >= 0.3 is 0 Å². The highest BCUT2D eigenvalue weighted by atomic mass is 19.1. The van der Waals surface area contributed by atoms with Crippen LogP contribution in [-0.4, -0.2) is 17.6 Å². The highest BCUT2D eigenvalue weighted by Crippen LogP contribution is 2.14. The fourth-order valence-corrected chi connectivity index (χ4v) is 1.44. The van der Waals surface area contributed by atoms with Crippen LogP contribution in [0, 0.1) is 5.82 Å². The molecule has 0 heterocycles. The molecule has 0 aliphatic carbocycles. The Morgan fingerprint density at radius 1 is 1.44 bits per heavy atom. The Kier molecular flexibility index (Phi) is 4.76. The minimum Gasteiger partial charge on any atom is -0.508 e. The lowest BCUT2D eigenvalue weighted by Gasteiger charge is -2.05. The quantitative estimate of drug-likeness (QED) is 0.805. The Hall–Kier alpha value is -1.58. The molecule has 0 fully saturated rings. The van der Waals surface area contributed by atoms with Crippen molar-refractivity contribution in [1.29, 1.82) is 0 Å². The van der Waals surface area contributed by atoms with Gasteiger partial charge in [0, 0.05) is 19.0 Å². The third kappa shape index (κ3) is 4.29. The Morgan fingerprint density at radius 2 is 2.19 bits per heavy atom. The number of phenolic OH excluding ortho intramolecular Hbond substituents is 1. The number of hydrogen-bond donors (Lipinski definition) is 2. The standard InChI is InChI=1S/C12H16FNO2/c1-2-3-12(16)14-5-4-9-6-10(13)8-11(15)7-9/h6-8,15H,2-5H2,1H3,(H,14,16). The molecule has 3 nitrogen and oxygen atoms in total. The van der Waals surface area contributed by atoms with Gasteiger partial charge in [-0.05, 0) is 30.5 Å². The molecule has 16 heavy (non-hydrogen) atoms. The predicted molar refractivity (Wildman–Crippen MR) is 59.7 cm³/mol. The van der Waals surface area contributed by atoms with Crippen molar-refractivity contribution in [2.45, 2.75) is 26.2 Å². The largest absolute Gasteiger partial charge is 0.508 e. The molecule has 0 aliphatic heterocycles. The van der Waals surface area contributed by atoms with Crippen LogP contribution in [0.3, 0.4) is 0 Å². The van der Waals surface area contributed by atoms with Gasteiger partial charge in [0.1, 0.15) is 11.6 Å². The molecule has 4 heteroatoms. The summed E-state index contributed by atoms with van der Waals surface area (Å²) >= 11 is 0. The maximum Gasteiger partial charge on any atom is 0.219 e. The molecule has 1 amide bonds. The zero-order valence-electron chi connectivity index (χ0n) is 9.29. The molecule has 0 spiro atoms. The van der Waals surface area contributed by atoms with Crippen LogP contribution in [-0.2, 0) is 11.2 Å². The van der Waals surface area contributed by atoms with E-state index >= 15 is 0 Å². The maximum absolute atomic E-state index is 12.9. The Balaban J connectivity index is 2.40. The van der Waals surface area contributed by atoms with Crippen molar-refractivity contribution in [1.82, 2.24) is 5.32 Å². The van der Waals surface area contributed by atoms with Crippen LogP contribution in [0.15, 0.2) is 18.2 Å². The highest BCUT2D eigenvalue weighted by Gasteiger charge is 2.01. The summed E-state index contributed by atoms with van der Waals surface area (Å²) in [5.74, 6) is -0.548. The molecule has 88 valence electrons. The van der Waals surface area contributed by atoms with Gasteiger partial charge in [-0.2, -0.15) is 0 Å². The highest BCUT2D eigenvalue weighted by molar-refractivity contribution is 5.75. The lowest BCUT2D eigenvalue weighted by atomic mass is 10.1. The van der Waals surface area contributed by atoms with E-state index in [2.05, 4.69) is 5.32 Å². The first kappa shape index (κ1) is 12.5. The molecule has 1 aromatic rings. The molecule has 0 aromatic heterocycles. The molecule has 1 rings (SSSR count). The summed E-state index contributed by atoms with van der Waals surface area (Å²) in [6, 6.07) is 3.90. The molecule has 0 bridgehead atoms. The van der Waals surface area contributed by atoms with E-state index in [0.29, 0.717) is 24.9 Å². The van der Waals surface area contributed by atoms with Gasteiger partial charge in [-0.3, -0.25) is 4.79 Å². The van der Waals surface area contributed by atoms with Crippen molar-refractivity contribution in [3.8, 4) is 5.75 Å². The van der Waals surface area contributed by atoms with Crippen molar-refractivity contribution in [3.05, 3.63) is 29.6 Å². The van der Waals surface area contributed by atoms with Crippen molar-refractivity contribution in [2.24, 2.45) is 0 Å². The number of rotatable bonds is 5. The van der Waals surface area contributed by atoms with E-state index in [1.807, 2.05) is 6.92 Å². The van der Waals surface area contributed by atoms with Crippen LogP contribution >= 0.6 is 0 Å². The van der Waals surface area contributed by atoms with E-state index in [1.54, 1.807) is 0 Å². The molecule has 0 radical (unpaired) electrons. The van der Waals surface area contributed by atoms with Crippen LogP contribution in [0.25, 0.3) is 0 Å². The molecular weight excluding hydrogens is 209 g/mol. The van der Waals surface area contributed by atoms with Crippen LogP contribution < -0.4 is 5.32 Å². The second kappa shape index (κ2) is 6.10. The monoisotopic (exact) mass is 225 g/mol. The fraction of sp³-hybridized carbons (Fsp3) is 0.417. The van der Waals surface area contributed by atoms with Gasteiger partial charge in [-0.1, -0.05) is 6.92 Å². The lowest BCUT2D eigenvalue weighted by molar-refractivity contribution is -0.121. The summed E-state index contributed by atoms with van der Waals surface area (Å²) in [5, 5.41) is 11.9. The number of phenols is 1. The van der Waals surface area contributed by atoms with Gasteiger partial charge in [-0.15, -0.1) is 0 Å². The molecule has 0 aliphatic rings. The Morgan fingerprint density at radius 3 is 2.81 bits per heavy atom. The van der Waals surface area contributed by atoms with Crippen LogP contribution in [0.5, 0.6) is 5.75 Å². The van der Waals surface area contributed by atoms with E-state index in [1.165, 1.54) is 12.1 Å². The summed E-state index contributed by atoms with van der Waals surface area (Å²) in [5.41, 5.74) is 0.675. The lowest BCUT2D eigenvalue weighted by Crippen LogP contribution is -2.25. The van der Waals surface area contributed by atoms with Gasteiger partial charge < -0.3 is 10.4 Å². The average molecular weight is 225 g/mol. The summed E-state index contributed by atoms with van der Waals surface area (Å²) < 4.78 is 12.9. The summed E-state index contributed by atoms with van der Waals surface area (Å²) in [4.78, 5) is 11.1. The van der Waals surface area contributed by atoms with E-state index in [-0.39, 0.29) is 11.7 Å². The van der Waals surface area contributed by atoms with Crippen molar-refractivity contribution < 1.29 is 14.3 Å². The van der Waals surface area contributed by atoms with Crippen LogP contribution in [0.4, 0.5) is 4.39 Å². The number of halogens is 1. The zero-order valence-corrected chi connectivity index (χ0v) is 9.29. The molecule has 0 saturated carbocycles. The van der Waals surface area contributed by atoms with Gasteiger partial charge in [0.2, 0.25) is 5.91 Å². The first-order valence-electron chi connectivity index (χ1n) is 5.37. The van der Waals surface area contributed by atoms with Gasteiger partial charge in [0.05, 0.1) is 0 Å². The first-order chi connectivity index (χ1) is 7.61. The fourth-order valence-electron chi connectivity index (χ4n) is 1.44. The van der Waals surface area contributed by atoms with E-state index in [0.717, 1.165) is 12.5 Å². The summed E-state index contributed by atoms with van der Waals surface area (Å²) in [6.07, 6.45) is 1.84. The summed E-state index contributed by atoms with van der Waals surface area (Å²) in [7, 11) is 0. The van der Waals surface area contributed by atoms with Gasteiger partial charge in [0.25, 0.3) is 0 Å². The molecule has 0 unspecified atom stereocenters. The number of carbonyl (C=O) groups is 1. The molecule has 0 atom stereocenters. The second-order valence-corrected chi connectivity index (χ2v) is 3.67. The van der Waals surface area contributed by atoms with Crippen LogP contribution in [0.1, 0.15) is 25.3 Å². The SMILES string of the molecule is CCCC(=O)NCCc1cc(O)cc(F)c1. The minimum absolute atomic E-state index is 0.00289. The third-order valence-corrected chi connectivity index (χ3v) is 2.16. The Labute approximate surface area is 94.3 Å². The number of aromatic hydroxyl groups is 1.